The van der Waals surface area contributed by atoms with Gasteiger partial charge in [-0.1, -0.05) is 6.07 Å². The van der Waals surface area contributed by atoms with Crippen molar-refractivity contribution < 1.29 is 12.8 Å². The summed E-state index contributed by atoms with van der Waals surface area (Å²) >= 11 is 0. The fourth-order valence-corrected chi connectivity index (χ4v) is 4.12. The first-order chi connectivity index (χ1) is 9.96. The SMILES string of the molecule is Cc1cnc(C2CCN(S(=O)(=O)c3cccc(F)c3)C2)[nH]1. The molecule has 1 aliphatic heterocycles. The van der Waals surface area contributed by atoms with Gasteiger partial charge < -0.3 is 4.98 Å². The van der Waals surface area contributed by atoms with Gasteiger partial charge >= 0.3 is 0 Å². The molecule has 3 rings (SSSR count). The van der Waals surface area contributed by atoms with Crippen LogP contribution in [0.4, 0.5) is 4.39 Å². The zero-order valence-electron chi connectivity index (χ0n) is 11.6. The van der Waals surface area contributed by atoms with E-state index in [0.29, 0.717) is 19.5 Å². The summed E-state index contributed by atoms with van der Waals surface area (Å²) in [6.07, 6.45) is 2.45. The van der Waals surface area contributed by atoms with Crippen molar-refractivity contribution >= 4 is 10.0 Å². The highest BCUT2D eigenvalue weighted by Gasteiger charge is 2.34. The van der Waals surface area contributed by atoms with E-state index in [9.17, 15) is 12.8 Å². The maximum absolute atomic E-state index is 13.2. The number of nitrogens with zero attached hydrogens (tertiary/aromatic N) is 2. The molecule has 1 atom stereocenters. The molecular weight excluding hydrogens is 293 g/mol. The van der Waals surface area contributed by atoms with Gasteiger partial charge in [0.05, 0.1) is 4.90 Å². The molecule has 2 aromatic rings. The van der Waals surface area contributed by atoms with Gasteiger partial charge in [-0.15, -0.1) is 0 Å². The van der Waals surface area contributed by atoms with E-state index in [2.05, 4.69) is 9.97 Å². The Balaban J connectivity index is 1.82. The third-order valence-corrected chi connectivity index (χ3v) is 5.56. The summed E-state index contributed by atoms with van der Waals surface area (Å²) in [4.78, 5) is 7.41. The molecule has 2 heterocycles. The van der Waals surface area contributed by atoms with E-state index in [1.807, 2.05) is 6.92 Å². The molecule has 0 saturated carbocycles. The normalized spacial score (nSPS) is 20.0. The number of hydrogen-bond donors (Lipinski definition) is 1. The molecule has 112 valence electrons. The maximum atomic E-state index is 13.2. The number of benzene rings is 1. The fourth-order valence-electron chi connectivity index (χ4n) is 2.59. The Bertz CT molecular complexity index is 757. The van der Waals surface area contributed by atoms with E-state index in [1.165, 1.54) is 22.5 Å². The Morgan fingerprint density at radius 2 is 2.24 bits per heavy atom. The van der Waals surface area contributed by atoms with Crippen LogP contribution in [0.5, 0.6) is 0 Å². The number of imidazole rings is 1. The van der Waals surface area contributed by atoms with Crippen LogP contribution in [0, 0.1) is 12.7 Å². The smallest absolute Gasteiger partial charge is 0.243 e. The van der Waals surface area contributed by atoms with Crippen molar-refractivity contribution in [1.29, 1.82) is 0 Å². The highest BCUT2D eigenvalue weighted by atomic mass is 32.2. The van der Waals surface area contributed by atoms with E-state index in [4.69, 9.17) is 0 Å². The molecule has 7 heteroatoms. The summed E-state index contributed by atoms with van der Waals surface area (Å²) in [5, 5.41) is 0. The number of aromatic nitrogens is 2. The summed E-state index contributed by atoms with van der Waals surface area (Å²) < 4.78 is 39.6. The minimum atomic E-state index is -3.64. The quantitative estimate of drug-likeness (QED) is 0.943. The van der Waals surface area contributed by atoms with Crippen molar-refractivity contribution in [3.63, 3.8) is 0 Å². The molecule has 1 unspecified atom stereocenters. The number of aryl methyl sites for hydroxylation is 1. The van der Waals surface area contributed by atoms with E-state index in [0.717, 1.165) is 17.6 Å². The van der Waals surface area contributed by atoms with Crippen LogP contribution in [0.1, 0.15) is 23.9 Å². The van der Waals surface area contributed by atoms with Crippen molar-refractivity contribution in [3.8, 4) is 0 Å². The first kappa shape index (κ1) is 14.2. The topological polar surface area (TPSA) is 66.1 Å². The monoisotopic (exact) mass is 309 g/mol. The molecule has 0 radical (unpaired) electrons. The number of sulfonamides is 1. The molecule has 0 aliphatic carbocycles. The van der Waals surface area contributed by atoms with Gasteiger partial charge in [-0.3, -0.25) is 0 Å². The first-order valence-electron chi connectivity index (χ1n) is 6.74. The van der Waals surface area contributed by atoms with E-state index in [1.54, 1.807) is 6.20 Å². The molecule has 0 amide bonds. The molecule has 1 aromatic heterocycles. The third-order valence-electron chi connectivity index (χ3n) is 3.69. The van der Waals surface area contributed by atoms with Gasteiger partial charge in [0.1, 0.15) is 11.6 Å². The molecule has 1 N–H and O–H groups in total. The lowest BCUT2D eigenvalue weighted by atomic mass is 10.1. The van der Waals surface area contributed by atoms with Crippen LogP contribution in [-0.4, -0.2) is 35.8 Å². The summed E-state index contributed by atoms with van der Waals surface area (Å²) in [5.41, 5.74) is 0.955. The molecule has 1 aromatic carbocycles. The van der Waals surface area contributed by atoms with Gasteiger partial charge in [0.25, 0.3) is 0 Å². The Morgan fingerprint density at radius 1 is 1.43 bits per heavy atom. The summed E-state index contributed by atoms with van der Waals surface area (Å²) in [6, 6.07) is 5.12. The first-order valence-corrected chi connectivity index (χ1v) is 8.18. The predicted octanol–water partition coefficient (Wildman–Crippen LogP) is 2.04. The minimum Gasteiger partial charge on any atom is -0.346 e. The molecule has 5 nitrogen and oxygen atoms in total. The minimum absolute atomic E-state index is 0.00113. The van der Waals surface area contributed by atoms with Gasteiger partial charge in [-0.2, -0.15) is 4.31 Å². The predicted molar refractivity (Wildman–Crippen MR) is 75.8 cm³/mol. The average Bonchev–Trinajstić information content (AvgIpc) is 3.07. The van der Waals surface area contributed by atoms with Crippen LogP contribution in [0.2, 0.25) is 0 Å². The second-order valence-corrected chi connectivity index (χ2v) is 7.20. The van der Waals surface area contributed by atoms with E-state index in [-0.39, 0.29) is 10.8 Å². The number of nitrogens with one attached hydrogen (secondary N) is 1. The number of H-pyrrole nitrogens is 1. The Kier molecular flexibility index (Phi) is 3.54. The van der Waals surface area contributed by atoms with Crippen LogP contribution in [-0.2, 0) is 10.0 Å². The third kappa shape index (κ3) is 2.71. The van der Waals surface area contributed by atoms with Crippen molar-refractivity contribution in [3.05, 3.63) is 47.8 Å². The molecule has 0 bridgehead atoms. The van der Waals surface area contributed by atoms with Gasteiger partial charge in [-0.25, -0.2) is 17.8 Å². The zero-order chi connectivity index (χ0) is 15.0. The molecule has 1 saturated heterocycles. The fraction of sp³-hybridized carbons (Fsp3) is 0.357. The van der Waals surface area contributed by atoms with E-state index < -0.39 is 15.8 Å². The Morgan fingerprint density at radius 3 is 2.90 bits per heavy atom. The summed E-state index contributed by atoms with van der Waals surface area (Å²) in [7, 11) is -3.64. The number of halogens is 1. The molecular formula is C14H16FN3O2S. The van der Waals surface area contributed by atoms with Crippen LogP contribution in [0.15, 0.2) is 35.4 Å². The Hall–Kier alpha value is -1.73. The highest BCUT2D eigenvalue weighted by Crippen LogP contribution is 2.29. The van der Waals surface area contributed by atoms with Crippen LogP contribution >= 0.6 is 0 Å². The maximum Gasteiger partial charge on any atom is 0.243 e. The number of rotatable bonds is 3. The molecule has 21 heavy (non-hydrogen) atoms. The number of aromatic amines is 1. The molecule has 1 aliphatic rings. The lowest BCUT2D eigenvalue weighted by Crippen LogP contribution is -2.28. The Labute approximate surface area is 122 Å². The lowest BCUT2D eigenvalue weighted by molar-refractivity contribution is 0.470. The standard InChI is InChI=1S/C14H16FN3O2S/c1-10-8-16-14(17-10)11-5-6-18(9-11)21(19,20)13-4-2-3-12(15)7-13/h2-4,7-8,11H,5-6,9H2,1H3,(H,16,17). The van der Waals surface area contributed by atoms with E-state index >= 15 is 0 Å². The number of hydrogen-bond acceptors (Lipinski definition) is 3. The van der Waals surface area contributed by atoms with Crippen molar-refractivity contribution in [1.82, 2.24) is 14.3 Å². The largest absolute Gasteiger partial charge is 0.346 e. The van der Waals surface area contributed by atoms with Crippen LogP contribution < -0.4 is 0 Å². The zero-order valence-corrected chi connectivity index (χ0v) is 12.4. The second kappa shape index (κ2) is 5.23. The highest BCUT2D eigenvalue weighted by molar-refractivity contribution is 7.89. The van der Waals surface area contributed by atoms with Crippen LogP contribution in [0.3, 0.4) is 0 Å². The van der Waals surface area contributed by atoms with Gasteiger partial charge in [0, 0.05) is 30.9 Å². The molecule has 0 spiro atoms. The average molecular weight is 309 g/mol. The summed E-state index contributed by atoms with van der Waals surface area (Å²) in [6.45, 7) is 2.70. The van der Waals surface area contributed by atoms with Crippen molar-refractivity contribution in [2.24, 2.45) is 0 Å². The second-order valence-electron chi connectivity index (χ2n) is 5.26. The van der Waals surface area contributed by atoms with Gasteiger partial charge in [-0.05, 0) is 31.5 Å². The van der Waals surface area contributed by atoms with Crippen molar-refractivity contribution in [2.45, 2.75) is 24.2 Å². The lowest BCUT2D eigenvalue weighted by Gasteiger charge is -2.16. The van der Waals surface area contributed by atoms with Gasteiger partial charge in [0.2, 0.25) is 10.0 Å². The van der Waals surface area contributed by atoms with Crippen molar-refractivity contribution in [2.75, 3.05) is 13.1 Å². The summed E-state index contributed by atoms with van der Waals surface area (Å²) in [5.74, 6) is 0.319. The molecule has 1 fully saturated rings. The van der Waals surface area contributed by atoms with Crippen LogP contribution in [0.25, 0.3) is 0 Å². The van der Waals surface area contributed by atoms with Gasteiger partial charge in [0.15, 0.2) is 0 Å².